The highest BCUT2D eigenvalue weighted by Crippen LogP contribution is 2.48. The van der Waals surface area contributed by atoms with Crippen LogP contribution in [0.2, 0.25) is 0 Å². The minimum absolute atomic E-state index is 0. The van der Waals surface area contributed by atoms with E-state index in [9.17, 15) is 0 Å². The minimum Gasteiger partial charge on any atom is -0.488 e. The Labute approximate surface area is 174 Å². The van der Waals surface area contributed by atoms with Gasteiger partial charge in [-0.1, -0.05) is 42.0 Å². The molecule has 28 heavy (non-hydrogen) atoms. The fourth-order valence-corrected chi connectivity index (χ4v) is 5.78. The maximum absolute atomic E-state index is 6.14. The Balaban J connectivity index is 0.00000171. The summed E-state index contributed by atoms with van der Waals surface area (Å²) in [6, 6.07) is 17.2. The van der Waals surface area contributed by atoms with Crippen LogP contribution in [0.5, 0.6) is 5.75 Å². The highest BCUT2D eigenvalue weighted by Gasteiger charge is 2.28. The molecule has 0 saturated heterocycles. The molecule has 2 aromatic heterocycles. The van der Waals surface area contributed by atoms with Gasteiger partial charge < -0.3 is 4.74 Å². The topological polar surface area (TPSA) is 22.1 Å². The molecule has 6 rings (SSSR count). The van der Waals surface area contributed by atoms with Crippen LogP contribution in [-0.2, 0) is 19.4 Å². The lowest BCUT2D eigenvalue weighted by atomic mass is 9.90. The number of ether oxygens (including phenoxy) is 1. The second-order valence-electron chi connectivity index (χ2n) is 7.50. The molecule has 2 aliphatic rings. The molecule has 0 spiro atoms. The van der Waals surface area contributed by atoms with Gasteiger partial charge in [0.15, 0.2) is 0 Å². The van der Waals surface area contributed by atoms with Crippen LogP contribution in [0.25, 0.3) is 32.6 Å². The van der Waals surface area contributed by atoms with Gasteiger partial charge in [-0.3, -0.25) is 0 Å². The van der Waals surface area contributed by atoms with E-state index in [4.69, 9.17) is 9.72 Å². The van der Waals surface area contributed by atoms with Gasteiger partial charge in [0.1, 0.15) is 17.2 Å². The molecule has 0 unspecified atom stereocenters. The van der Waals surface area contributed by atoms with Gasteiger partial charge in [0.2, 0.25) is 0 Å². The Morgan fingerprint density at radius 1 is 0.964 bits per heavy atom. The van der Waals surface area contributed by atoms with Crippen molar-refractivity contribution < 1.29 is 4.74 Å². The van der Waals surface area contributed by atoms with E-state index in [1.165, 1.54) is 62.2 Å². The fraction of sp³-hybridized carbons (Fsp3) is 0.208. The summed E-state index contributed by atoms with van der Waals surface area (Å²) in [5.74, 6) is 0.941. The quantitative estimate of drug-likeness (QED) is 0.349. The van der Waals surface area contributed by atoms with E-state index < -0.39 is 0 Å². The maximum atomic E-state index is 6.14. The molecular formula is C24H20ClNOS. The van der Waals surface area contributed by atoms with Gasteiger partial charge in [0.05, 0.1) is 5.69 Å². The lowest BCUT2D eigenvalue weighted by Crippen LogP contribution is -2.09. The molecule has 2 aromatic carbocycles. The van der Waals surface area contributed by atoms with Gasteiger partial charge in [-0.25, -0.2) is 4.98 Å². The highest BCUT2D eigenvalue weighted by molar-refractivity contribution is 7.19. The van der Waals surface area contributed by atoms with Gasteiger partial charge >= 0.3 is 0 Å². The number of nitrogens with zero attached hydrogens (tertiary/aromatic N) is 1. The van der Waals surface area contributed by atoms with Crippen LogP contribution in [0, 0.1) is 6.92 Å². The highest BCUT2D eigenvalue weighted by atomic mass is 35.5. The maximum Gasteiger partial charge on any atom is 0.129 e. The summed E-state index contributed by atoms with van der Waals surface area (Å²) < 4.78 is 6.14. The molecule has 140 valence electrons. The summed E-state index contributed by atoms with van der Waals surface area (Å²) in [7, 11) is 0. The van der Waals surface area contributed by atoms with Crippen molar-refractivity contribution in [3.8, 4) is 28.1 Å². The third-order valence-corrected chi connectivity index (χ3v) is 6.99. The number of aryl methyl sites for hydroxylation is 3. The van der Waals surface area contributed by atoms with Gasteiger partial charge in [-0.2, -0.15) is 0 Å². The molecule has 4 heteroatoms. The first-order valence-electron chi connectivity index (χ1n) is 9.56. The molecule has 0 atom stereocenters. The van der Waals surface area contributed by atoms with Crippen LogP contribution in [0.4, 0.5) is 0 Å². The summed E-state index contributed by atoms with van der Waals surface area (Å²) in [6.45, 7) is 2.73. The lowest BCUT2D eigenvalue weighted by Gasteiger charge is -2.23. The first kappa shape index (κ1) is 17.7. The second-order valence-corrected chi connectivity index (χ2v) is 8.59. The Bertz CT molecular complexity index is 1210. The Morgan fingerprint density at radius 3 is 2.64 bits per heavy atom. The smallest absolute Gasteiger partial charge is 0.129 e. The summed E-state index contributed by atoms with van der Waals surface area (Å²) in [4.78, 5) is 7.88. The number of fused-ring (bicyclic) bond motifs is 6. The zero-order valence-electron chi connectivity index (χ0n) is 15.6. The Morgan fingerprint density at radius 2 is 1.79 bits per heavy atom. The third-order valence-electron chi connectivity index (χ3n) is 5.81. The Hall–Kier alpha value is -2.36. The second kappa shape index (κ2) is 6.61. The van der Waals surface area contributed by atoms with Crippen LogP contribution in [0.3, 0.4) is 0 Å². The third kappa shape index (κ3) is 2.50. The van der Waals surface area contributed by atoms with Crippen molar-refractivity contribution in [3.63, 3.8) is 0 Å². The molecule has 1 aliphatic heterocycles. The zero-order valence-corrected chi connectivity index (χ0v) is 17.3. The van der Waals surface area contributed by atoms with Gasteiger partial charge in [-0.15, -0.1) is 23.7 Å². The fourth-order valence-electron chi connectivity index (χ4n) is 4.50. The molecule has 0 amide bonds. The van der Waals surface area contributed by atoms with E-state index in [0.717, 1.165) is 17.0 Å². The number of halogens is 1. The number of pyridine rings is 1. The molecule has 0 saturated carbocycles. The van der Waals surface area contributed by atoms with Crippen LogP contribution >= 0.6 is 23.7 Å². The molecule has 0 N–H and O–H groups in total. The van der Waals surface area contributed by atoms with Crippen molar-refractivity contribution in [2.45, 2.75) is 32.8 Å². The predicted molar refractivity (Wildman–Crippen MR) is 119 cm³/mol. The number of hydrogen-bond donors (Lipinski definition) is 0. The normalized spacial score (nSPS) is 14.0. The van der Waals surface area contributed by atoms with Crippen molar-refractivity contribution in [2.75, 3.05) is 0 Å². The molecule has 0 radical (unpaired) electrons. The van der Waals surface area contributed by atoms with Crippen molar-refractivity contribution >= 4 is 34.0 Å². The molecule has 2 nitrogen and oxygen atoms in total. The first-order chi connectivity index (χ1) is 13.3. The van der Waals surface area contributed by atoms with E-state index in [-0.39, 0.29) is 12.4 Å². The van der Waals surface area contributed by atoms with E-state index in [1.54, 1.807) is 0 Å². The van der Waals surface area contributed by atoms with Gasteiger partial charge in [0.25, 0.3) is 0 Å². The molecular weight excluding hydrogens is 386 g/mol. The van der Waals surface area contributed by atoms with Crippen LogP contribution < -0.4 is 4.74 Å². The Kier molecular flexibility index (Phi) is 4.18. The number of rotatable bonds is 1. The number of para-hydroxylation sites is 1. The molecule has 4 aromatic rings. The minimum atomic E-state index is 0. The average Bonchev–Trinajstić information content (AvgIpc) is 3.28. The van der Waals surface area contributed by atoms with Crippen LogP contribution in [0.15, 0.2) is 48.5 Å². The van der Waals surface area contributed by atoms with Gasteiger partial charge in [0, 0.05) is 27.0 Å². The van der Waals surface area contributed by atoms with E-state index in [0.29, 0.717) is 6.61 Å². The standard InChI is InChI=1S/C24H19NOS.ClH/c1-14-9-11-15(12-10-14)21-18-13-26-19-7-3-2-5-16(19)23(18)25-24-22(21)17-6-4-8-20(17)27-24;/h2-3,5,7,9-12H,4,6,8,13H2,1H3;1H. The van der Waals surface area contributed by atoms with E-state index in [2.05, 4.69) is 43.3 Å². The monoisotopic (exact) mass is 405 g/mol. The summed E-state index contributed by atoms with van der Waals surface area (Å²) in [5, 5.41) is 1.37. The zero-order chi connectivity index (χ0) is 18.0. The lowest BCUT2D eigenvalue weighted by molar-refractivity contribution is 0.302. The molecule has 1 aliphatic carbocycles. The van der Waals surface area contributed by atoms with Crippen LogP contribution in [0.1, 0.15) is 28.0 Å². The van der Waals surface area contributed by atoms with E-state index in [1.807, 2.05) is 23.5 Å². The first-order valence-corrected chi connectivity index (χ1v) is 10.4. The van der Waals surface area contributed by atoms with Crippen molar-refractivity contribution in [2.24, 2.45) is 0 Å². The predicted octanol–water partition coefficient (Wildman–Crippen LogP) is 6.74. The van der Waals surface area contributed by atoms with Gasteiger partial charge in [-0.05, 0) is 49.4 Å². The van der Waals surface area contributed by atoms with Crippen molar-refractivity contribution in [1.29, 1.82) is 0 Å². The van der Waals surface area contributed by atoms with Crippen molar-refractivity contribution in [3.05, 3.63) is 70.1 Å². The number of thiophene rings is 1. The largest absolute Gasteiger partial charge is 0.488 e. The molecule has 0 fully saturated rings. The summed E-state index contributed by atoms with van der Waals surface area (Å²) >= 11 is 1.89. The summed E-state index contributed by atoms with van der Waals surface area (Å²) in [5.41, 5.74) is 8.87. The van der Waals surface area contributed by atoms with Crippen LogP contribution in [-0.4, -0.2) is 4.98 Å². The number of aromatic nitrogens is 1. The van der Waals surface area contributed by atoms with Crippen molar-refractivity contribution in [1.82, 2.24) is 4.98 Å². The number of benzene rings is 2. The van der Waals surface area contributed by atoms with E-state index >= 15 is 0 Å². The number of hydrogen-bond acceptors (Lipinski definition) is 3. The molecule has 0 bridgehead atoms. The summed E-state index contributed by atoms with van der Waals surface area (Å²) in [6.07, 6.45) is 3.63. The SMILES string of the molecule is Cc1ccc(-c2c3c(nc4sc5c(c24)CCC5)-c2ccccc2OC3)cc1.Cl. The average molecular weight is 406 g/mol. The molecule has 3 heterocycles.